The topological polar surface area (TPSA) is 55.4 Å². The first-order valence-corrected chi connectivity index (χ1v) is 9.74. The van der Waals surface area contributed by atoms with Crippen molar-refractivity contribution < 1.29 is 14.3 Å². The lowest BCUT2D eigenvalue weighted by Crippen LogP contribution is -2.34. The molecule has 2 aromatic carbocycles. The van der Waals surface area contributed by atoms with E-state index in [1.54, 1.807) is 24.3 Å². The van der Waals surface area contributed by atoms with Crippen LogP contribution >= 0.6 is 0 Å². The number of methoxy groups -OCH3 is 1. The van der Waals surface area contributed by atoms with Crippen molar-refractivity contribution in [2.24, 2.45) is 0 Å². The second-order valence-corrected chi connectivity index (χ2v) is 8.87. The average Bonchev–Trinajstić information content (AvgIpc) is 2.69. The molecule has 2 aromatic rings. The molecule has 1 aliphatic carbocycles. The Bertz CT molecular complexity index is 895. The van der Waals surface area contributed by atoms with Gasteiger partial charge in [0, 0.05) is 11.3 Å². The number of hydrogen-bond donors (Lipinski definition) is 1. The fourth-order valence-corrected chi connectivity index (χ4v) is 3.89. The number of hydrogen-bond acceptors (Lipinski definition) is 4. The third kappa shape index (κ3) is 3.96. The number of esters is 1. The zero-order chi connectivity index (χ0) is 20.5. The fraction of sp³-hybridized carbons (Fsp3) is 0.417. The van der Waals surface area contributed by atoms with Crippen LogP contribution in [0.2, 0.25) is 0 Å². The number of ketones is 1. The van der Waals surface area contributed by atoms with Crippen LogP contribution in [-0.4, -0.2) is 25.4 Å². The number of benzene rings is 2. The summed E-state index contributed by atoms with van der Waals surface area (Å²) in [6.45, 7) is 9.29. The number of rotatable bonds is 5. The molecule has 0 saturated carbocycles. The lowest BCUT2D eigenvalue weighted by Gasteiger charge is -2.42. The third-order valence-corrected chi connectivity index (χ3v) is 5.93. The second kappa shape index (κ2) is 7.42. The summed E-state index contributed by atoms with van der Waals surface area (Å²) >= 11 is 0. The summed E-state index contributed by atoms with van der Waals surface area (Å²) in [5.74, 6) is -0.318. The Morgan fingerprint density at radius 3 is 2.07 bits per heavy atom. The van der Waals surface area contributed by atoms with Gasteiger partial charge in [-0.2, -0.15) is 0 Å². The van der Waals surface area contributed by atoms with Crippen LogP contribution < -0.4 is 5.32 Å². The summed E-state index contributed by atoms with van der Waals surface area (Å²) < 4.78 is 4.70. The predicted molar refractivity (Wildman–Crippen MR) is 112 cm³/mol. The molecule has 0 unspecified atom stereocenters. The number of fused-ring (bicyclic) bond motifs is 1. The lowest BCUT2D eigenvalue weighted by molar-refractivity contribution is 0.0600. The number of anilines is 1. The molecule has 3 rings (SSSR count). The van der Waals surface area contributed by atoms with Crippen LogP contribution in [0.25, 0.3) is 0 Å². The highest BCUT2D eigenvalue weighted by Crippen LogP contribution is 2.45. The van der Waals surface area contributed by atoms with E-state index in [2.05, 4.69) is 45.1 Å². The van der Waals surface area contributed by atoms with Crippen molar-refractivity contribution in [2.45, 2.75) is 51.4 Å². The molecular formula is C24H29NO3. The first-order chi connectivity index (χ1) is 13.1. The predicted octanol–water partition coefficient (Wildman–Crippen LogP) is 5.12. The van der Waals surface area contributed by atoms with Gasteiger partial charge in [0.1, 0.15) is 0 Å². The molecule has 0 heterocycles. The van der Waals surface area contributed by atoms with Crippen LogP contribution in [-0.2, 0) is 15.6 Å². The summed E-state index contributed by atoms with van der Waals surface area (Å²) in [7, 11) is 1.36. The summed E-state index contributed by atoms with van der Waals surface area (Å²) in [4.78, 5) is 24.3. The van der Waals surface area contributed by atoms with Gasteiger partial charge in [0.2, 0.25) is 0 Å². The van der Waals surface area contributed by atoms with E-state index in [0.717, 1.165) is 24.1 Å². The quantitative estimate of drug-likeness (QED) is 0.579. The maximum Gasteiger partial charge on any atom is 0.337 e. The van der Waals surface area contributed by atoms with Gasteiger partial charge in [-0.15, -0.1) is 0 Å². The van der Waals surface area contributed by atoms with E-state index in [9.17, 15) is 9.59 Å². The molecular weight excluding hydrogens is 350 g/mol. The monoisotopic (exact) mass is 379 g/mol. The van der Waals surface area contributed by atoms with Crippen molar-refractivity contribution >= 4 is 17.4 Å². The second-order valence-electron chi connectivity index (χ2n) is 8.87. The van der Waals surface area contributed by atoms with Crippen molar-refractivity contribution in [3.05, 3.63) is 64.7 Å². The highest BCUT2D eigenvalue weighted by Gasteiger charge is 2.37. The van der Waals surface area contributed by atoms with Crippen LogP contribution in [0.3, 0.4) is 0 Å². The van der Waals surface area contributed by atoms with Crippen molar-refractivity contribution in [1.29, 1.82) is 0 Å². The van der Waals surface area contributed by atoms with Crippen LogP contribution in [0, 0.1) is 0 Å². The summed E-state index contributed by atoms with van der Waals surface area (Å²) in [5, 5.41) is 3.14. The van der Waals surface area contributed by atoms with Crippen molar-refractivity contribution in [2.75, 3.05) is 19.0 Å². The highest BCUT2D eigenvalue weighted by molar-refractivity contribution is 5.99. The minimum Gasteiger partial charge on any atom is -0.465 e. The van der Waals surface area contributed by atoms with Crippen LogP contribution in [0.1, 0.15) is 72.4 Å². The van der Waals surface area contributed by atoms with Gasteiger partial charge >= 0.3 is 5.97 Å². The molecule has 0 bridgehead atoms. The number of ether oxygens (including phenoxy) is 1. The Balaban J connectivity index is 1.74. The number of Topliss-reactive ketones (excluding diaryl/α,β-unsaturated/α-hetero) is 1. The van der Waals surface area contributed by atoms with Crippen molar-refractivity contribution in [1.82, 2.24) is 0 Å². The summed E-state index contributed by atoms with van der Waals surface area (Å²) in [6.07, 6.45) is 2.28. The molecule has 0 aliphatic heterocycles. The molecule has 0 aromatic heterocycles. The lowest BCUT2D eigenvalue weighted by atomic mass is 9.63. The summed E-state index contributed by atoms with van der Waals surface area (Å²) in [5.41, 5.74) is 4.89. The van der Waals surface area contributed by atoms with Gasteiger partial charge in [0.05, 0.1) is 19.2 Å². The first kappa shape index (κ1) is 20.1. The van der Waals surface area contributed by atoms with Crippen LogP contribution in [0.5, 0.6) is 0 Å². The molecule has 1 N–H and O–H groups in total. The molecule has 0 fully saturated rings. The first-order valence-electron chi connectivity index (χ1n) is 9.74. The molecule has 1 aliphatic rings. The largest absolute Gasteiger partial charge is 0.465 e. The molecule has 0 spiro atoms. The number of carbonyl (C=O) groups excluding carboxylic acids is 2. The minimum absolute atomic E-state index is 0.0547. The zero-order valence-electron chi connectivity index (χ0n) is 17.4. The molecule has 0 radical (unpaired) electrons. The number of nitrogens with one attached hydrogen (secondary N) is 1. The molecule has 0 atom stereocenters. The zero-order valence-corrected chi connectivity index (χ0v) is 17.4. The van der Waals surface area contributed by atoms with Crippen molar-refractivity contribution in [3.63, 3.8) is 0 Å². The SMILES string of the molecule is COC(=O)c1ccc(NCC(=O)c2ccc3c(c2)C(C)(C)CCC3(C)C)cc1. The molecule has 4 nitrogen and oxygen atoms in total. The van der Waals surface area contributed by atoms with Gasteiger partial charge in [-0.3, -0.25) is 4.79 Å². The smallest absolute Gasteiger partial charge is 0.337 e. The van der Waals surface area contributed by atoms with Gasteiger partial charge in [-0.1, -0.05) is 39.8 Å². The van der Waals surface area contributed by atoms with Crippen molar-refractivity contribution in [3.8, 4) is 0 Å². The Morgan fingerprint density at radius 2 is 1.46 bits per heavy atom. The van der Waals surface area contributed by atoms with Gasteiger partial charge in [-0.25, -0.2) is 4.79 Å². The van der Waals surface area contributed by atoms with Crippen LogP contribution in [0.4, 0.5) is 5.69 Å². The molecule has 148 valence electrons. The fourth-order valence-electron chi connectivity index (χ4n) is 3.89. The molecule has 28 heavy (non-hydrogen) atoms. The molecule has 0 amide bonds. The van der Waals surface area contributed by atoms with E-state index in [-0.39, 0.29) is 29.1 Å². The minimum atomic E-state index is -0.373. The van der Waals surface area contributed by atoms with Gasteiger partial charge < -0.3 is 10.1 Å². The maximum atomic E-state index is 12.8. The molecule has 4 heteroatoms. The Morgan fingerprint density at radius 1 is 0.893 bits per heavy atom. The van der Waals surface area contributed by atoms with Gasteiger partial charge in [0.25, 0.3) is 0 Å². The van der Waals surface area contributed by atoms with E-state index in [0.29, 0.717) is 5.56 Å². The van der Waals surface area contributed by atoms with Crippen LogP contribution in [0.15, 0.2) is 42.5 Å². The normalized spacial score (nSPS) is 16.8. The van der Waals surface area contributed by atoms with E-state index in [1.807, 2.05) is 6.07 Å². The average molecular weight is 380 g/mol. The Kier molecular flexibility index (Phi) is 5.33. The third-order valence-electron chi connectivity index (χ3n) is 5.93. The maximum absolute atomic E-state index is 12.8. The Labute approximate surface area is 167 Å². The van der Waals surface area contributed by atoms with E-state index in [1.165, 1.54) is 18.2 Å². The van der Waals surface area contributed by atoms with E-state index >= 15 is 0 Å². The summed E-state index contributed by atoms with van der Waals surface area (Å²) in [6, 6.07) is 13.1. The van der Waals surface area contributed by atoms with Gasteiger partial charge in [-0.05, 0) is 65.1 Å². The highest BCUT2D eigenvalue weighted by atomic mass is 16.5. The number of carbonyl (C=O) groups is 2. The standard InChI is InChI=1S/C24H29NO3/c1-23(2)12-13-24(3,4)20-14-17(8-11-19(20)23)21(26)15-25-18-9-6-16(7-10-18)22(27)28-5/h6-11,14,25H,12-13,15H2,1-5H3. The van der Waals surface area contributed by atoms with E-state index in [4.69, 9.17) is 4.74 Å². The van der Waals surface area contributed by atoms with Gasteiger partial charge in [0.15, 0.2) is 5.78 Å². The molecule has 0 saturated heterocycles. The Hall–Kier alpha value is -2.62. The van der Waals surface area contributed by atoms with E-state index < -0.39 is 0 Å².